The van der Waals surface area contributed by atoms with Crippen molar-refractivity contribution in [2.45, 2.75) is 26.3 Å². The highest BCUT2D eigenvalue weighted by Crippen LogP contribution is 2.26. The zero-order valence-electron chi connectivity index (χ0n) is 14.8. The predicted molar refractivity (Wildman–Crippen MR) is 102 cm³/mol. The van der Waals surface area contributed by atoms with Gasteiger partial charge in [0.1, 0.15) is 5.75 Å². The van der Waals surface area contributed by atoms with E-state index in [1.807, 2.05) is 6.92 Å². The first-order valence-corrected chi connectivity index (χ1v) is 10.5. The molecule has 2 heterocycles. The van der Waals surface area contributed by atoms with Gasteiger partial charge < -0.3 is 5.11 Å². The second kappa shape index (κ2) is 7.32. The van der Waals surface area contributed by atoms with Crippen LogP contribution in [0, 0.1) is 13.8 Å². The number of nitrogens with zero attached hydrogens (tertiary/aromatic N) is 3. The SMILES string of the molecule is Cc1nn([C@@H]2CCS(=O)(=O)C2)c(C)c1/C=N\NC(=O)c1cc(Cl)ccc1O. The van der Waals surface area contributed by atoms with E-state index < -0.39 is 15.7 Å². The number of hydrazone groups is 1. The van der Waals surface area contributed by atoms with E-state index in [4.69, 9.17) is 11.6 Å². The molecule has 2 aromatic rings. The third kappa shape index (κ3) is 4.14. The second-order valence-electron chi connectivity index (χ2n) is 6.45. The van der Waals surface area contributed by atoms with E-state index in [2.05, 4.69) is 15.6 Å². The number of aromatic nitrogens is 2. The van der Waals surface area contributed by atoms with E-state index in [0.717, 1.165) is 5.69 Å². The van der Waals surface area contributed by atoms with Crippen LogP contribution in [0.25, 0.3) is 0 Å². The number of carbonyl (C=O) groups is 1. The van der Waals surface area contributed by atoms with Gasteiger partial charge in [-0.3, -0.25) is 9.48 Å². The number of rotatable bonds is 4. The van der Waals surface area contributed by atoms with E-state index >= 15 is 0 Å². The van der Waals surface area contributed by atoms with Crippen LogP contribution in [0.2, 0.25) is 5.02 Å². The number of nitrogens with one attached hydrogen (secondary N) is 1. The molecule has 0 spiro atoms. The lowest BCUT2D eigenvalue weighted by Gasteiger charge is -2.10. The molecule has 1 aromatic carbocycles. The fourth-order valence-corrected chi connectivity index (χ4v) is 4.96. The normalized spacial score (nSPS) is 18.9. The lowest BCUT2D eigenvalue weighted by atomic mass is 10.2. The lowest BCUT2D eigenvalue weighted by molar-refractivity contribution is 0.0952. The zero-order valence-corrected chi connectivity index (χ0v) is 16.4. The van der Waals surface area contributed by atoms with Crippen LogP contribution in [0.1, 0.15) is 39.8 Å². The van der Waals surface area contributed by atoms with Crippen molar-refractivity contribution >= 4 is 33.6 Å². The average molecular weight is 411 g/mol. The van der Waals surface area contributed by atoms with Crippen LogP contribution in [0.5, 0.6) is 5.75 Å². The number of hydrogen-bond donors (Lipinski definition) is 2. The summed E-state index contributed by atoms with van der Waals surface area (Å²) in [5.74, 6) is -0.555. The Bertz CT molecular complexity index is 1030. The van der Waals surface area contributed by atoms with Gasteiger partial charge >= 0.3 is 0 Å². The summed E-state index contributed by atoms with van der Waals surface area (Å²) in [6, 6.07) is 3.96. The maximum absolute atomic E-state index is 12.1. The Hall–Kier alpha value is -2.39. The van der Waals surface area contributed by atoms with Gasteiger partial charge in [0.2, 0.25) is 0 Å². The number of sulfone groups is 1. The zero-order chi connectivity index (χ0) is 19.8. The summed E-state index contributed by atoms with van der Waals surface area (Å²) in [5, 5.41) is 18.4. The molecule has 1 atom stereocenters. The summed E-state index contributed by atoms with van der Waals surface area (Å²) >= 11 is 5.83. The molecule has 0 saturated carbocycles. The summed E-state index contributed by atoms with van der Waals surface area (Å²) < 4.78 is 25.1. The van der Waals surface area contributed by atoms with Crippen LogP contribution in [0.15, 0.2) is 23.3 Å². The molecular formula is C17H19ClN4O4S. The molecule has 0 bridgehead atoms. The quantitative estimate of drug-likeness (QED) is 0.591. The van der Waals surface area contributed by atoms with Crippen molar-refractivity contribution in [3.63, 3.8) is 0 Å². The monoisotopic (exact) mass is 410 g/mol. The number of phenols is 1. The number of phenolic OH excluding ortho intramolecular Hbond substituents is 1. The van der Waals surface area contributed by atoms with E-state index in [9.17, 15) is 18.3 Å². The molecule has 1 saturated heterocycles. The van der Waals surface area contributed by atoms with Gasteiger partial charge in [-0.15, -0.1) is 0 Å². The number of amides is 1. The molecule has 1 fully saturated rings. The molecule has 1 aliphatic heterocycles. The highest BCUT2D eigenvalue weighted by molar-refractivity contribution is 7.91. The van der Waals surface area contributed by atoms with Crippen LogP contribution < -0.4 is 5.43 Å². The molecule has 3 rings (SSSR count). The van der Waals surface area contributed by atoms with E-state index in [-0.39, 0.29) is 28.9 Å². The third-order valence-corrected chi connectivity index (χ3v) is 6.48. The molecule has 10 heteroatoms. The van der Waals surface area contributed by atoms with Crippen molar-refractivity contribution in [1.82, 2.24) is 15.2 Å². The van der Waals surface area contributed by atoms with Gasteiger partial charge in [-0.1, -0.05) is 11.6 Å². The van der Waals surface area contributed by atoms with Crippen LogP contribution in [-0.2, 0) is 9.84 Å². The van der Waals surface area contributed by atoms with Crippen molar-refractivity contribution in [2.24, 2.45) is 5.10 Å². The van der Waals surface area contributed by atoms with Gasteiger partial charge in [0.05, 0.1) is 35.0 Å². The molecule has 1 amide bonds. The highest BCUT2D eigenvalue weighted by Gasteiger charge is 2.31. The van der Waals surface area contributed by atoms with Crippen molar-refractivity contribution in [2.75, 3.05) is 11.5 Å². The average Bonchev–Trinajstić information content (AvgIpc) is 3.10. The highest BCUT2D eigenvalue weighted by atomic mass is 35.5. The van der Waals surface area contributed by atoms with E-state index in [1.165, 1.54) is 24.4 Å². The van der Waals surface area contributed by atoms with Crippen LogP contribution >= 0.6 is 11.6 Å². The van der Waals surface area contributed by atoms with Gasteiger partial charge in [0.25, 0.3) is 5.91 Å². The summed E-state index contributed by atoms with van der Waals surface area (Å²) in [6.07, 6.45) is 1.99. The first-order valence-electron chi connectivity index (χ1n) is 8.26. The van der Waals surface area contributed by atoms with Crippen molar-refractivity contribution in [3.05, 3.63) is 45.7 Å². The Morgan fingerprint density at radius 1 is 1.44 bits per heavy atom. The molecule has 2 N–H and O–H groups in total. The number of aromatic hydroxyl groups is 1. The van der Waals surface area contributed by atoms with Crippen molar-refractivity contribution in [1.29, 1.82) is 0 Å². The third-order valence-electron chi connectivity index (χ3n) is 4.50. The smallest absolute Gasteiger partial charge is 0.275 e. The van der Waals surface area contributed by atoms with Gasteiger partial charge in [-0.05, 0) is 38.5 Å². The molecule has 8 nitrogen and oxygen atoms in total. The summed E-state index contributed by atoms with van der Waals surface area (Å²) in [4.78, 5) is 12.1. The molecule has 144 valence electrons. The maximum Gasteiger partial charge on any atom is 0.275 e. The minimum Gasteiger partial charge on any atom is -0.507 e. The second-order valence-corrected chi connectivity index (χ2v) is 9.11. The van der Waals surface area contributed by atoms with Gasteiger partial charge in [0, 0.05) is 16.3 Å². The van der Waals surface area contributed by atoms with Crippen LogP contribution in [-0.4, -0.2) is 46.9 Å². The Morgan fingerprint density at radius 2 is 2.19 bits per heavy atom. The number of halogens is 1. The Balaban J connectivity index is 1.76. The fraction of sp³-hybridized carbons (Fsp3) is 0.353. The maximum atomic E-state index is 12.1. The summed E-state index contributed by atoms with van der Waals surface area (Å²) in [5.41, 5.74) is 4.52. The van der Waals surface area contributed by atoms with Gasteiger partial charge in [-0.2, -0.15) is 10.2 Å². The standard InChI is InChI=1S/C17H19ClN4O4S/c1-10-15(11(2)22(21-10)13-5-6-27(25,26)9-13)8-19-20-17(24)14-7-12(18)3-4-16(14)23/h3-4,7-8,13,23H,5-6,9H2,1-2H3,(H,20,24)/b19-8-/t13-/m1/s1. The van der Waals surface area contributed by atoms with Gasteiger partial charge in [0.15, 0.2) is 9.84 Å². The molecule has 0 radical (unpaired) electrons. The van der Waals surface area contributed by atoms with Crippen molar-refractivity contribution in [3.8, 4) is 5.75 Å². The van der Waals surface area contributed by atoms with E-state index in [1.54, 1.807) is 11.6 Å². The molecule has 0 unspecified atom stereocenters. The Labute approximate surface area is 161 Å². The van der Waals surface area contributed by atoms with Gasteiger partial charge in [-0.25, -0.2) is 13.8 Å². The van der Waals surface area contributed by atoms with Crippen molar-refractivity contribution < 1.29 is 18.3 Å². The minimum absolute atomic E-state index is 0.0138. The number of benzene rings is 1. The topological polar surface area (TPSA) is 114 Å². The minimum atomic E-state index is -3.02. The Morgan fingerprint density at radius 3 is 2.85 bits per heavy atom. The summed E-state index contributed by atoms with van der Waals surface area (Å²) in [7, 11) is -3.02. The number of aryl methyl sites for hydroxylation is 1. The molecule has 0 aliphatic carbocycles. The lowest BCUT2D eigenvalue weighted by Crippen LogP contribution is -2.18. The molecule has 1 aromatic heterocycles. The summed E-state index contributed by atoms with van der Waals surface area (Å²) in [6.45, 7) is 3.62. The molecule has 1 aliphatic rings. The first-order chi connectivity index (χ1) is 12.7. The number of carbonyl (C=O) groups excluding carboxylic acids is 1. The van der Waals surface area contributed by atoms with E-state index in [0.29, 0.717) is 22.7 Å². The Kier molecular flexibility index (Phi) is 5.25. The van der Waals surface area contributed by atoms with Crippen LogP contribution in [0.3, 0.4) is 0 Å². The first kappa shape index (κ1) is 19.4. The molecule has 27 heavy (non-hydrogen) atoms. The molecular weight excluding hydrogens is 392 g/mol. The number of hydrogen-bond acceptors (Lipinski definition) is 6. The fourth-order valence-electron chi connectivity index (χ4n) is 3.09. The largest absolute Gasteiger partial charge is 0.507 e. The van der Waals surface area contributed by atoms with Crippen LogP contribution in [0.4, 0.5) is 0 Å². The predicted octanol–water partition coefficient (Wildman–Crippen LogP) is 1.98.